The van der Waals surface area contributed by atoms with Crippen LogP contribution in [0.25, 0.3) is 10.8 Å². The van der Waals surface area contributed by atoms with Crippen molar-refractivity contribution in [3.8, 4) is 0 Å². The van der Waals surface area contributed by atoms with Gasteiger partial charge in [-0.05, 0) is 42.3 Å². The highest BCUT2D eigenvalue weighted by Gasteiger charge is 2.35. The maximum atomic E-state index is 12.5. The Balaban J connectivity index is 1.48. The van der Waals surface area contributed by atoms with Gasteiger partial charge < -0.3 is 5.32 Å². The molecule has 4 aromatic rings. The molecule has 0 spiro atoms. The number of benzene rings is 2. The first-order chi connectivity index (χ1) is 15.7. The summed E-state index contributed by atoms with van der Waals surface area (Å²) in [4.78, 5) is 19.6. The van der Waals surface area contributed by atoms with Crippen molar-refractivity contribution in [1.29, 1.82) is 0 Å². The Bertz CT molecular complexity index is 1340. The van der Waals surface area contributed by atoms with Gasteiger partial charge in [0.25, 0.3) is 5.56 Å². The molecule has 1 fully saturated rings. The Hall–Kier alpha value is -3.36. The largest absolute Gasteiger partial charge is 0.305 e. The third-order valence-corrected chi connectivity index (χ3v) is 6.79. The molecule has 2 N–H and O–H groups in total. The van der Waals surface area contributed by atoms with Gasteiger partial charge in [0, 0.05) is 31.6 Å². The molecule has 2 atom stereocenters. The number of H-pyrrole nitrogens is 1. The van der Waals surface area contributed by atoms with E-state index in [0.29, 0.717) is 11.9 Å². The van der Waals surface area contributed by atoms with Gasteiger partial charge in [-0.2, -0.15) is 10.2 Å². The molecule has 8 nitrogen and oxygen atoms in total. The van der Waals surface area contributed by atoms with Crippen molar-refractivity contribution in [1.82, 2.24) is 35.2 Å². The maximum Gasteiger partial charge on any atom is 0.272 e. The minimum absolute atomic E-state index is 0.0649. The van der Waals surface area contributed by atoms with E-state index in [0.717, 1.165) is 29.0 Å². The molecule has 2 aromatic carbocycles. The second kappa shape index (κ2) is 7.65. The molecule has 0 radical (unpaired) electrons. The van der Waals surface area contributed by atoms with E-state index in [9.17, 15) is 4.79 Å². The fourth-order valence-corrected chi connectivity index (χ4v) is 4.98. The van der Waals surface area contributed by atoms with E-state index in [1.165, 1.54) is 30.6 Å². The van der Waals surface area contributed by atoms with Crippen molar-refractivity contribution in [3.63, 3.8) is 0 Å². The molecule has 0 amide bonds. The van der Waals surface area contributed by atoms with Crippen LogP contribution in [0.1, 0.15) is 46.6 Å². The summed E-state index contributed by atoms with van der Waals surface area (Å²) in [6.45, 7) is 4.02. The fraction of sp³-hybridized carbons (Fsp3) is 0.333. The molecule has 2 unspecified atom stereocenters. The van der Waals surface area contributed by atoms with Crippen LogP contribution in [0.3, 0.4) is 0 Å². The molecule has 32 heavy (non-hydrogen) atoms. The molecule has 0 bridgehead atoms. The fourth-order valence-electron chi connectivity index (χ4n) is 4.98. The molecule has 6 rings (SSSR count). The first-order valence-corrected chi connectivity index (χ1v) is 11.1. The molecule has 2 aromatic heterocycles. The summed E-state index contributed by atoms with van der Waals surface area (Å²) in [7, 11) is 1.90. The zero-order chi connectivity index (χ0) is 21.7. The Labute approximate surface area is 185 Å². The lowest BCUT2D eigenvalue weighted by Gasteiger charge is -2.31. The molecule has 4 heterocycles. The smallest absolute Gasteiger partial charge is 0.272 e. The van der Waals surface area contributed by atoms with Crippen LogP contribution in [0.5, 0.6) is 0 Å². The molecular weight excluding hydrogens is 402 g/mol. The number of aromatic nitrogens is 5. The standard InChI is InChI=1S/C24H25N7O/c1-30-23(26-14-27-30)20-21(16-8-6-15(7-9-16)13-31-10-3-11-31)25-12-17-4-2-5-18-19(17)22(20)28-29-24(18)32/h2,4-9,14,20-21,25H,3,10-13H2,1H3,(H,29,32). The molecule has 0 aliphatic carbocycles. The van der Waals surface area contributed by atoms with Crippen LogP contribution in [0.15, 0.2) is 53.6 Å². The minimum atomic E-state index is -0.202. The van der Waals surface area contributed by atoms with Crippen molar-refractivity contribution in [2.24, 2.45) is 7.05 Å². The second-order valence-corrected chi connectivity index (χ2v) is 8.73. The van der Waals surface area contributed by atoms with Gasteiger partial charge in [0.2, 0.25) is 0 Å². The topological polar surface area (TPSA) is 91.7 Å². The van der Waals surface area contributed by atoms with Gasteiger partial charge >= 0.3 is 0 Å². The van der Waals surface area contributed by atoms with Gasteiger partial charge in [-0.25, -0.2) is 10.1 Å². The number of nitrogens with zero attached hydrogens (tertiary/aromatic N) is 5. The van der Waals surface area contributed by atoms with E-state index in [-0.39, 0.29) is 17.5 Å². The van der Waals surface area contributed by atoms with Crippen LogP contribution in [-0.4, -0.2) is 43.0 Å². The van der Waals surface area contributed by atoms with Crippen molar-refractivity contribution < 1.29 is 0 Å². The Morgan fingerprint density at radius 1 is 1.12 bits per heavy atom. The van der Waals surface area contributed by atoms with E-state index in [1.807, 2.05) is 19.2 Å². The van der Waals surface area contributed by atoms with Crippen LogP contribution < -0.4 is 10.9 Å². The number of rotatable bonds is 4. The summed E-state index contributed by atoms with van der Waals surface area (Å²) in [6.07, 6.45) is 2.87. The van der Waals surface area contributed by atoms with Crippen LogP contribution in [0.4, 0.5) is 0 Å². The van der Waals surface area contributed by atoms with Gasteiger partial charge in [0.05, 0.1) is 17.0 Å². The molecule has 1 saturated heterocycles. The van der Waals surface area contributed by atoms with E-state index >= 15 is 0 Å². The van der Waals surface area contributed by atoms with Crippen LogP contribution >= 0.6 is 0 Å². The summed E-state index contributed by atoms with van der Waals surface area (Å²) in [5.74, 6) is 0.608. The van der Waals surface area contributed by atoms with Gasteiger partial charge in [-0.1, -0.05) is 36.4 Å². The molecule has 162 valence electrons. The zero-order valence-electron chi connectivity index (χ0n) is 18.0. The Morgan fingerprint density at radius 2 is 1.97 bits per heavy atom. The third kappa shape index (κ3) is 3.14. The molecule has 2 aliphatic rings. The number of likely N-dealkylation sites (tertiary alicyclic amines) is 1. The SMILES string of the molecule is Cn1ncnc1C1c2n[nH]c(=O)c3cccc(c23)CNC1c1ccc(CN2CCC2)cc1. The quantitative estimate of drug-likeness (QED) is 0.519. The molecule has 8 heteroatoms. The first-order valence-electron chi connectivity index (χ1n) is 11.1. The highest BCUT2D eigenvalue weighted by molar-refractivity contribution is 5.88. The monoisotopic (exact) mass is 427 g/mol. The van der Waals surface area contributed by atoms with E-state index in [4.69, 9.17) is 0 Å². The van der Waals surface area contributed by atoms with Crippen LogP contribution in [-0.2, 0) is 20.1 Å². The van der Waals surface area contributed by atoms with E-state index in [1.54, 1.807) is 11.0 Å². The lowest BCUT2D eigenvalue weighted by Crippen LogP contribution is -2.36. The van der Waals surface area contributed by atoms with E-state index < -0.39 is 0 Å². The highest BCUT2D eigenvalue weighted by atomic mass is 16.1. The third-order valence-electron chi connectivity index (χ3n) is 6.79. The molecular formula is C24H25N7O. The maximum absolute atomic E-state index is 12.5. The minimum Gasteiger partial charge on any atom is -0.305 e. The lowest BCUT2D eigenvalue weighted by molar-refractivity contribution is 0.172. The van der Waals surface area contributed by atoms with Crippen LogP contribution in [0.2, 0.25) is 0 Å². The van der Waals surface area contributed by atoms with Gasteiger partial charge in [0.1, 0.15) is 12.2 Å². The van der Waals surface area contributed by atoms with Gasteiger partial charge in [-0.3, -0.25) is 14.4 Å². The number of aromatic amines is 1. The summed E-state index contributed by atoms with van der Waals surface area (Å²) in [6, 6.07) is 14.6. The lowest BCUT2D eigenvalue weighted by atomic mass is 9.87. The van der Waals surface area contributed by atoms with Crippen molar-refractivity contribution >= 4 is 10.8 Å². The Morgan fingerprint density at radius 3 is 2.69 bits per heavy atom. The van der Waals surface area contributed by atoms with Gasteiger partial charge in [-0.15, -0.1) is 0 Å². The number of aryl methyl sites for hydroxylation is 1. The van der Waals surface area contributed by atoms with Crippen molar-refractivity contribution in [3.05, 3.63) is 87.4 Å². The number of hydrogen-bond donors (Lipinski definition) is 2. The summed E-state index contributed by atoms with van der Waals surface area (Å²) < 4.78 is 1.80. The normalized spacial score (nSPS) is 20.8. The molecule has 2 aliphatic heterocycles. The number of hydrogen-bond acceptors (Lipinski definition) is 6. The summed E-state index contributed by atoms with van der Waals surface area (Å²) >= 11 is 0. The highest BCUT2D eigenvalue weighted by Crippen LogP contribution is 2.40. The zero-order valence-corrected chi connectivity index (χ0v) is 18.0. The predicted octanol–water partition coefficient (Wildman–Crippen LogP) is 2.23. The van der Waals surface area contributed by atoms with Crippen molar-refractivity contribution in [2.45, 2.75) is 31.5 Å². The Kier molecular flexibility index (Phi) is 4.62. The summed E-state index contributed by atoms with van der Waals surface area (Å²) in [5.41, 5.74) is 4.21. The van der Waals surface area contributed by atoms with Gasteiger partial charge in [0.15, 0.2) is 0 Å². The average Bonchev–Trinajstić information content (AvgIpc) is 3.13. The average molecular weight is 428 g/mol. The second-order valence-electron chi connectivity index (χ2n) is 8.73. The molecule has 0 saturated carbocycles. The summed E-state index contributed by atoms with van der Waals surface area (Å²) in [5, 5.41) is 16.9. The van der Waals surface area contributed by atoms with E-state index in [2.05, 4.69) is 60.8 Å². The number of nitrogens with one attached hydrogen (secondary N) is 2. The predicted molar refractivity (Wildman–Crippen MR) is 121 cm³/mol. The van der Waals surface area contributed by atoms with Crippen molar-refractivity contribution in [2.75, 3.05) is 13.1 Å². The van der Waals surface area contributed by atoms with Crippen LogP contribution in [0, 0.1) is 0 Å². The first kappa shape index (κ1) is 19.3.